The van der Waals surface area contributed by atoms with Gasteiger partial charge in [-0.05, 0) is 0 Å². The second kappa shape index (κ2) is 3.28. The lowest BCUT2D eigenvalue weighted by atomic mass is 11.4. The highest BCUT2D eigenvalue weighted by Crippen LogP contribution is 1.94. The SMILES string of the molecule is Br.C#C[Si](C)(C)C. The summed E-state index contributed by atoms with van der Waals surface area (Å²) in [7, 11) is -1.10. The molecule has 0 bridgehead atoms. The van der Waals surface area contributed by atoms with Gasteiger partial charge in [-0.2, -0.15) is 0 Å². The van der Waals surface area contributed by atoms with Gasteiger partial charge in [-0.15, -0.1) is 28.9 Å². The Morgan fingerprint density at radius 2 is 1.43 bits per heavy atom. The lowest BCUT2D eigenvalue weighted by molar-refractivity contribution is 1.82. The van der Waals surface area contributed by atoms with E-state index in [4.69, 9.17) is 6.42 Å². The van der Waals surface area contributed by atoms with Crippen molar-refractivity contribution in [2.75, 3.05) is 0 Å². The van der Waals surface area contributed by atoms with E-state index in [1.54, 1.807) is 0 Å². The molecular weight excluding hydrogens is 168 g/mol. The van der Waals surface area contributed by atoms with Gasteiger partial charge in [-0.25, -0.2) is 0 Å². The van der Waals surface area contributed by atoms with Crippen molar-refractivity contribution in [2.24, 2.45) is 0 Å². The standard InChI is InChI=1S/C5H10Si.BrH/c1-5-6(2,3)4;/h1H,2-4H3;1H. The zero-order chi connectivity index (χ0) is 5.21. The first-order valence-corrected chi connectivity index (χ1v) is 5.54. The number of hydrogen-bond donors (Lipinski definition) is 0. The molecule has 0 aromatic heterocycles. The number of halogens is 1. The summed E-state index contributed by atoms with van der Waals surface area (Å²) in [6.45, 7) is 6.44. The molecule has 0 amide bonds. The molecule has 0 aromatic carbocycles. The van der Waals surface area contributed by atoms with Crippen LogP contribution < -0.4 is 0 Å². The van der Waals surface area contributed by atoms with Gasteiger partial charge in [0.05, 0.1) is 0 Å². The second-order valence-electron chi connectivity index (χ2n) is 2.39. The first-order chi connectivity index (χ1) is 2.56. The van der Waals surface area contributed by atoms with Gasteiger partial charge >= 0.3 is 0 Å². The summed E-state index contributed by atoms with van der Waals surface area (Å²) in [6.07, 6.45) is 5.12. The van der Waals surface area contributed by atoms with Crippen LogP contribution in [0, 0.1) is 12.0 Å². The fourth-order valence-corrected chi connectivity index (χ4v) is 0. The van der Waals surface area contributed by atoms with Crippen molar-refractivity contribution in [3.63, 3.8) is 0 Å². The highest BCUT2D eigenvalue weighted by Gasteiger charge is 2.05. The third-order valence-electron chi connectivity index (χ3n) is 0.433. The zero-order valence-electron chi connectivity index (χ0n) is 4.99. The van der Waals surface area contributed by atoms with Crippen LogP contribution in [-0.4, -0.2) is 8.07 Å². The molecule has 0 radical (unpaired) electrons. The van der Waals surface area contributed by atoms with Crippen LogP contribution in [0.15, 0.2) is 0 Å². The molecule has 0 fully saturated rings. The van der Waals surface area contributed by atoms with Crippen molar-refractivity contribution in [1.29, 1.82) is 0 Å². The van der Waals surface area contributed by atoms with Crippen molar-refractivity contribution < 1.29 is 0 Å². The molecule has 0 aliphatic rings. The molecule has 0 aromatic rings. The normalized spacial score (nSPS) is 8.86. The van der Waals surface area contributed by atoms with Gasteiger partial charge in [0.1, 0.15) is 8.07 Å². The maximum atomic E-state index is 5.12. The fraction of sp³-hybridized carbons (Fsp3) is 0.600. The number of terminal acetylenes is 1. The van der Waals surface area contributed by atoms with Crippen molar-refractivity contribution in [3.05, 3.63) is 0 Å². The molecule has 0 N–H and O–H groups in total. The molecule has 0 rings (SSSR count). The van der Waals surface area contributed by atoms with Crippen LogP contribution in [0.3, 0.4) is 0 Å². The minimum Gasteiger partial charge on any atom is -0.135 e. The largest absolute Gasteiger partial charge is 0.135 e. The summed E-state index contributed by atoms with van der Waals surface area (Å²) in [4.78, 5) is 0. The molecule has 0 aliphatic carbocycles. The Hall–Kier alpha value is 0.257. The smallest absolute Gasteiger partial charge is 0.128 e. The molecular formula is C5H11BrSi. The number of rotatable bonds is 0. The van der Waals surface area contributed by atoms with Gasteiger partial charge in [-0.3, -0.25) is 0 Å². The summed E-state index contributed by atoms with van der Waals surface area (Å²) < 4.78 is 0. The monoisotopic (exact) mass is 178 g/mol. The molecule has 0 atom stereocenters. The maximum absolute atomic E-state index is 5.12. The van der Waals surface area contributed by atoms with Gasteiger partial charge in [-0.1, -0.05) is 19.6 Å². The van der Waals surface area contributed by atoms with E-state index in [-0.39, 0.29) is 17.0 Å². The lowest BCUT2D eigenvalue weighted by Gasteiger charge is -2.00. The topological polar surface area (TPSA) is 0 Å². The summed E-state index contributed by atoms with van der Waals surface area (Å²) in [6, 6.07) is 0. The Morgan fingerprint density at radius 3 is 1.43 bits per heavy atom. The highest BCUT2D eigenvalue weighted by molar-refractivity contribution is 8.93. The minimum absolute atomic E-state index is 0. The van der Waals surface area contributed by atoms with Crippen LogP contribution in [-0.2, 0) is 0 Å². The van der Waals surface area contributed by atoms with Crippen LogP contribution >= 0.6 is 17.0 Å². The Morgan fingerprint density at radius 1 is 1.29 bits per heavy atom. The summed E-state index contributed by atoms with van der Waals surface area (Å²) in [5.74, 6) is 0. The van der Waals surface area contributed by atoms with Gasteiger partial charge in [0.15, 0.2) is 0 Å². The Bertz CT molecular complexity index is 75.1. The predicted molar refractivity (Wildman–Crippen MR) is 42.5 cm³/mol. The van der Waals surface area contributed by atoms with E-state index < -0.39 is 8.07 Å². The van der Waals surface area contributed by atoms with Crippen LogP contribution in [0.25, 0.3) is 0 Å². The van der Waals surface area contributed by atoms with Crippen molar-refractivity contribution >= 4 is 25.1 Å². The molecule has 0 nitrogen and oxygen atoms in total. The molecule has 0 saturated heterocycles. The Balaban J connectivity index is 0. The van der Waals surface area contributed by atoms with Crippen LogP contribution in [0.5, 0.6) is 0 Å². The van der Waals surface area contributed by atoms with Gasteiger partial charge < -0.3 is 0 Å². The van der Waals surface area contributed by atoms with E-state index in [0.717, 1.165) is 0 Å². The molecule has 2 heteroatoms. The highest BCUT2D eigenvalue weighted by atomic mass is 79.9. The van der Waals surface area contributed by atoms with Crippen molar-refractivity contribution in [2.45, 2.75) is 19.6 Å². The average molecular weight is 179 g/mol. The van der Waals surface area contributed by atoms with E-state index in [0.29, 0.717) is 0 Å². The van der Waals surface area contributed by atoms with E-state index in [2.05, 4.69) is 25.2 Å². The quantitative estimate of drug-likeness (QED) is 0.394. The first-order valence-electron chi connectivity index (χ1n) is 2.04. The maximum Gasteiger partial charge on any atom is 0.128 e. The molecule has 42 valence electrons. The van der Waals surface area contributed by atoms with Gasteiger partial charge in [0.2, 0.25) is 0 Å². The molecule has 0 saturated carbocycles. The first kappa shape index (κ1) is 10.3. The Labute approximate surface area is 57.1 Å². The van der Waals surface area contributed by atoms with E-state index in [1.807, 2.05) is 0 Å². The molecule has 7 heavy (non-hydrogen) atoms. The van der Waals surface area contributed by atoms with E-state index in [1.165, 1.54) is 0 Å². The third-order valence-corrected chi connectivity index (χ3v) is 1.30. The number of hydrogen-bond acceptors (Lipinski definition) is 0. The molecule has 0 aliphatic heterocycles. The fourth-order valence-electron chi connectivity index (χ4n) is 0. The average Bonchev–Trinajstić information content (AvgIpc) is 1.35. The molecule has 0 heterocycles. The molecule has 0 spiro atoms. The predicted octanol–water partition coefficient (Wildman–Crippen LogP) is 2.07. The zero-order valence-corrected chi connectivity index (χ0v) is 7.70. The van der Waals surface area contributed by atoms with Gasteiger partial charge in [0.25, 0.3) is 0 Å². The second-order valence-corrected chi connectivity index (χ2v) is 7.18. The third kappa shape index (κ3) is 10.7. The van der Waals surface area contributed by atoms with Crippen LogP contribution in [0.4, 0.5) is 0 Å². The van der Waals surface area contributed by atoms with Crippen LogP contribution in [0.2, 0.25) is 19.6 Å². The van der Waals surface area contributed by atoms with Gasteiger partial charge in [0, 0.05) is 0 Å². The van der Waals surface area contributed by atoms with E-state index in [9.17, 15) is 0 Å². The minimum atomic E-state index is -1.10. The van der Waals surface area contributed by atoms with Crippen molar-refractivity contribution in [1.82, 2.24) is 0 Å². The Kier molecular flexibility index (Phi) is 4.82. The van der Waals surface area contributed by atoms with Crippen LogP contribution in [0.1, 0.15) is 0 Å². The van der Waals surface area contributed by atoms with Crippen molar-refractivity contribution in [3.8, 4) is 12.0 Å². The summed E-state index contributed by atoms with van der Waals surface area (Å²) in [5.41, 5.74) is 2.74. The van der Waals surface area contributed by atoms with E-state index >= 15 is 0 Å². The molecule has 0 unspecified atom stereocenters. The summed E-state index contributed by atoms with van der Waals surface area (Å²) in [5, 5.41) is 0. The lowest BCUT2D eigenvalue weighted by Crippen LogP contribution is -2.15. The summed E-state index contributed by atoms with van der Waals surface area (Å²) >= 11 is 0.